The number of allylic oxidation sites excluding steroid dienone is 3. The van der Waals surface area contributed by atoms with Crippen molar-refractivity contribution in [2.45, 2.75) is 26.2 Å². The van der Waals surface area contributed by atoms with E-state index >= 15 is 0 Å². The van der Waals surface area contributed by atoms with Crippen molar-refractivity contribution in [1.29, 1.82) is 0 Å². The number of amides is 2. The Kier molecular flexibility index (Phi) is 7.96. The summed E-state index contributed by atoms with van der Waals surface area (Å²) in [4.78, 5) is 35.7. The standard InChI is InChI=1S/C27H27BrN6O3S/c1-3-5-18(15-29-2)23-19-7-8-21-25(38-27(31-21)30-16-35)24(19)34(32-23)22-9-6-17(14-20(22)28)26(36)33-10-4-12-37-13-11-33/h3,5-6,9,14-16H,2,4,7-8,10-13H2,1H3,(H,30,31,35)/b5-3-,18-15+. The van der Waals surface area contributed by atoms with Gasteiger partial charge < -0.3 is 15.0 Å². The molecule has 1 aromatic carbocycles. The highest BCUT2D eigenvalue weighted by atomic mass is 79.9. The molecule has 11 heteroatoms. The number of halogens is 1. The fourth-order valence-corrected chi connectivity index (χ4v) is 6.37. The van der Waals surface area contributed by atoms with Crippen LogP contribution in [0.3, 0.4) is 0 Å². The number of carbonyl (C=O) groups excluding carboxylic acids is 2. The first-order valence-electron chi connectivity index (χ1n) is 12.3. The monoisotopic (exact) mass is 594 g/mol. The predicted octanol–water partition coefficient (Wildman–Crippen LogP) is 4.91. The first-order chi connectivity index (χ1) is 18.5. The molecule has 2 aliphatic rings. The molecule has 0 atom stereocenters. The average molecular weight is 596 g/mol. The van der Waals surface area contributed by atoms with Gasteiger partial charge in [0.1, 0.15) is 0 Å². The predicted molar refractivity (Wildman–Crippen MR) is 153 cm³/mol. The largest absolute Gasteiger partial charge is 0.380 e. The highest BCUT2D eigenvalue weighted by Gasteiger charge is 2.31. The molecule has 0 saturated carbocycles. The van der Waals surface area contributed by atoms with Crippen molar-refractivity contribution in [3.05, 3.63) is 63.5 Å². The van der Waals surface area contributed by atoms with E-state index in [1.807, 2.05) is 46.9 Å². The third-order valence-corrected chi connectivity index (χ3v) is 8.14. The number of rotatable bonds is 7. The number of ether oxygens (including phenoxy) is 1. The fourth-order valence-electron chi connectivity index (χ4n) is 4.79. The zero-order chi connectivity index (χ0) is 26.6. The molecule has 1 fully saturated rings. The van der Waals surface area contributed by atoms with Crippen LogP contribution in [0.15, 0.2) is 46.0 Å². The first kappa shape index (κ1) is 26.2. The van der Waals surface area contributed by atoms with Crippen LogP contribution in [0.25, 0.3) is 21.8 Å². The van der Waals surface area contributed by atoms with Crippen LogP contribution in [0.4, 0.5) is 5.13 Å². The molecule has 0 spiro atoms. The van der Waals surface area contributed by atoms with Gasteiger partial charge in [-0.1, -0.05) is 23.5 Å². The van der Waals surface area contributed by atoms with E-state index in [-0.39, 0.29) is 5.91 Å². The number of nitrogens with one attached hydrogen (secondary N) is 1. The van der Waals surface area contributed by atoms with Crippen LogP contribution in [0.2, 0.25) is 0 Å². The van der Waals surface area contributed by atoms with Crippen LogP contribution in [0.1, 0.15) is 40.7 Å². The molecule has 1 saturated heterocycles. The number of fused-ring (bicyclic) bond motifs is 3. The molecular formula is C27H27BrN6O3S. The highest BCUT2D eigenvalue weighted by molar-refractivity contribution is 9.10. The van der Waals surface area contributed by atoms with Crippen LogP contribution >= 0.6 is 27.3 Å². The third kappa shape index (κ3) is 5.01. The summed E-state index contributed by atoms with van der Waals surface area (Å²) >= 11 is 5.14. The minimum Gasteiger partial charge on any atom is -0.380 e. The molecule has 1 N–H and O–H groups in total. The molecular weight excluding hydrogens is 568 g/mol. The van der Waals surface area contributed by atoms with Crippen LogP contribution in [-0.4, -0.2) is 65.0 Å². The van der Waals surface area contributed by atoms with E-state index in [0.717, 1.165) is 62.5 Å². The van der Waals surface area contributed by atoms with Crippen molar-refractivity contribution < 1.29 is 14.3 Å². The van der Waals surface area contributed by atoms with Crippen molar-refractivity contribution in [2.75, 3.05) is 31.6 Å². The SMILES string of the molecule is C=N/C=C(\C=C/C)c1nn(-c2ccc(C(=O)N3CCCOCC3)cc2Br)c2c1CCc1nc(NC=O)sc1-2. The molecule has 5 rings (SSSR count). The van der Waals surface area contributed by atoms with Crippen molar-refractivity contribution in [3.63, 3.8) is 0 Å². The van der Waals surface area contributed by atoms with E-state index in [1.54, 1.807) is 6.20 Å². The van der Waals surface area contributed by atoms with Crippen molar-refractivity contribution in [1.82, 2.24) is 19.7 Å². The van der Waals surface area contributed by atoms with E-state index < -0.39 is 0 Å². The molecule has 38 heavy (non-hydrogen) atoms. The van der Waals surface area contributed by atoms with Crippen LogP contribution < -0.4 is 5.32 Å². The normalized spacial score (nSPS) is 15.6. The molecule has 0 bridgehead atoms. The molecule has 1 aliphatic carbocycles. The lowest BCUT2D eigenvalue weighted by Crippen LogP contribution is -2.33. The Balaban J connectivity index is 1.63. The number of aromatic nitrogens is 3. The van der Waals surface area contributed by atoms with Gasteiger partial charge in [-0.2, -0.15) is 5.10 Å². The Labute approximate surface area is 233 Å². The van der Waals surface area contributed by atoms with Gasteiger partial charge in [0.25, 0.3) is 5.91 Å². The van der Waals surface area contributed by atoms with E-state index in [4.69, 9.17) is 9.84 Å². The number of aryl methyl sites for hydroxylation is 1. The summed E-state index contributed by atoms with van der Waals surface area (Å²) in [5, 5.41) is 8.28. The third-order valence-electron chi connectivity index (χ3n) is 6.47. The summed E-state index contributed by atoms with van der Waals surface area (Å²) in [7, 11) is 0. The summed E-state index contributed by atoms with van der Waals surface area (Å²) < 4.78 is 8.14. The maximum absolute atomic E-state index is 13.2. The Bertz CT molecular complexity index is 1450. The summed E-state index contributed by atoms with van der Waals surface area (Å²) in [5.74, 6) is -0.0179. The van der Waals surface area contributed by atoms with Gasteiger partial charge in [-0.3, -0.25) is 14.6 Å². The van der Waals surface area contributed by atoms with Crippen molar-refractivity contribution in [2.24, 2.45) is 4.99 Å². The average Bonchev–Trinajstić information content (AvgIpc) is 3.38. The minimum atomic E-state index is -0.0179. The Morgan fingerprint density at radius 3 is 2.92 bits per heavy atom. The van der Waals surface area contributed by atoms with Gasteiger partial charge in [0.05, 0.1) is 34.3 Å². The fraction of sp³-hybridized carbons (Fsp3) is 0.296. The molecule has 9 nitrogen and oxygen atoms in total. The Hall–Kier alpha value is -3.41. The zero-order valence-electron chi connectivity index (χ0n) is 20.9. The molecule has 2 amide bonds. The molecule has 196 valence electrons. The molecule has 1 aliphatic heterocycles. The summed E-state index contributed by atoms with van der Waals surface area (Å²) in [6.45, 7) is 8.06. The first-order valence-corrected chi connectivity index (χ1v) is 13.9. The van der Waals surface area contributed by atoms with Gasteiger partial charge in [-0.05, 0) is 67.0 Å². The Morgan fingerprint density at radius 1 is 1.29 bits per heavy atom. The second-order valence-electron chi connectivity index (χ2n) is 8.84. The summed E-state index contributed by atoms with van der Waals surface area (Å²) in [5.41, 5.74) is 5.97. The molecule has 0 radical (unpaired) electrons. The van der Waals surface area contributed by atoms with Crippen molar-refractivity contribution >= 4 is 57.0 Å². The molecule has 3 aromatic rings. The molecule has 2 aromatic heterocycles. The van der Waals surface area contributed by atoms with Gasteiger partial charge in [-0.25, -0.2) is 9.67 Å². The minimum absolute atomic E-state index is 0.0179. The van der Waals surface area contributed by atoms with Gasteiger partial charge in [-0.15, -0.1) is 0 Å². The van der Waals surface area contributed by atoms with E-state index in [0.29, 0.717) is 43.4 Å². The Morgan fingerprint density at radius 2 is 2.16 bits per heavy atom. The lowest BCUT2D eigenvalue weighted by atomic mass is 9.95. The molecule has 0 unspecified atom stereocenters. The quantitative estimate of drug-likeness (QED) is 0.238. The second kappa shape index (κ2) is 11.5. The van der Waals surface area contributed by atoms with E-state index in [1.165, 1.54) is 11.3 Å². The number of hydrogen-bond donors (Lipinski definition) is 1. The second-order valence-corrected chi connectivity index (χ2v) is 10.7. The number of anilines is 1. The van der Waals surface area contributed by atoms with Gasteiger partial charge in [0, 0.05) is 47.1 Å². The number of thiazole rings is 1. The highest BCUT2D eigenvalue weighted by Crippen LogP contribution is 2.44. The maximum atomic E-state index is 13.2. The van der Waals surface area contributed by atoms with Crippen LogP contribution in [-0.2, 0) is 22.4 Å². The molecule has 3 heterocycles. The lowest BCUT2D eigenvalue weighted by molar-refractivity contribution is -0.105. The van der Waals surface area contributed by atoms with E-state index in [2.05, 4.69) is 37.9 Å². The van der Waals surface area contributed by atoms with Gasteiger partial charge >= 0.3 is 0 Å². The zero-order valence-corrected chi connectivity index (χ0v) is 23.3. The van der Waals surface area contributed by atoms with Gasteiger partial charge in [0.2, 0.25) is 6.41 Å². The maximum Gasteiger partial charge on any atom is 0.253 e. The number of hydrogen-bond acceptors (Lipinski definition) is 7. The van der Waals surface area contributed by atoms with E-state index in [9.17, 15) is 9.59 Å². The lowest BCUT2D eigenvalue weighted by Gasteiger charge is -2.20. The summed E-state index contributed by atoms with van der Waals surface area (Å²) in [6.07, 6.45) is 8.54. The number of benzene rings is 1. The topological polar surface area (TPSA) is 102 Å². The van der Waals surface area contributed by atoms with Crippen LogP contribution in [0.5, 0.6) is 0 Å². The number of carbonyl (C=O) groups is 2. The summed E-state index contributed by atoms with van der Waals surface area (Å²) in [6, 6.07) is 5.60. The smallest absolute Gasteiger partial charge is 0.253 e. The number of aliphatic imine (C=N–C) groups is 1. The van der Waals surface area contributed by atoms with Crippen LogP contribution in [0, 0.1) is 0 Å². The van der Waals surface area contributed by atoms with Gasteiger partial charge in [0.15, 0.2) is 5.13 Å². The van der Waals surface area contributed by atoms with Crippen molar-refractivity contribution in [3.8, 4) is 16.3 Å². The number of nitrogens with zero attached hydrogens (tertiary/aromatic N) is 5.